The Morgan fingerprint density at radius 3 is 2.38 bits per heavy atom. The van der Waals surface area contributed by atoms with E-state index in [0.717, 1.165) is 27.8 Å². The maximum atomic E-state index is 13.2. The van der Waals surface area contributed by atoms with Crippen LogP contribution in [0.15, 0.2) is 48.5 Å². The molecular weight excluding hydrogens is 436 g/mol. The Kier molecular flexibility index (Phi) is 7.92. The van der Waals surface area contributed by atoms with Crippen LogP contribution >= 0.6 is 0 Å². The number of nitrogens with zero attached hydrogens (tertiary/aromatic N) is 3. The second kappa shape index (κ2) is 10.2. The molecule has 0 unspecified atom stereocenters. The summed E-state index contributed by atoms with van der Waals surface area (Å²) in [7, 11) is -2.51. The highest BCUT2D eigenvalue weighted by Crippen LogP contribution is 2.24. The van der Waals surface area contributed by atoms with Crippen LogP contribution in [0.2, 0.25) is 0 Å². The number of non-ortho nitro benzene ring substituents is 1. The highest BCUT2D eigenvalue weighted by Gasteiger charge is 2.30. The molecule has 0 fully saturated rings. The first-order valence-corrected chi connectivity index (χ1v) is 11.6. The van der Waals surface area contributed by atoms with Crippen molar-refractivity contribution in [3.8, 4) is 0 Å². The lowest BCUT2D eigenvalue weighted by molar-refractivity contribution is -0.384. The molecule has 0 bridgehead atoms. The normalized spacial score (nSPS) is 12.0. The van der Waals surface area contributed by atoms with Gasteiger partial charge in [-0.2, -0.15) is 0 Å². The van der Waals surface area contributed by atoms with Crippen molar-refractivity contribution in [1.82, 2.24) is 10.2 Å². The van der Waals surface area contributed by atoms with Crippen molar-refractivity contribution in [2.24, 2.45) is 0 Å². The molecule has 2 aromatic carbocycles. The van der Waals surface area contributed by atoms with Gasteiger partial charge in [-0.05, 0) is 25.5 Å². The van der Waals surface area contributed by atoms with Gasteiger partial charge in [-0.1, -0.05) is 35.9 Å². The van der Waals surface area contributed by atoms with Crippen LogP contribution in [-0.2, 0) is 26.2 Å². The molecule has 0 saturated carbocycles. The number of anilines is 1. The van der Waals surface area contributed by atoms with Crippen LogP contribution in [0.4, 0.5) is 11.4 Å². The second-order valence-electron chi connectivity index (χ2n) is 7.35. The molecule has 2 aromatic rings. The van der Waals surface area contributed by atoms with Crippen LogP contribution in [-0.4, -0.2) is 55.9 Å². The zero-order valence-electron chi connectivity index (χ0n) is 18.3. The molecule has 0 aliphatic heterocycles. The van der Waals surface area contributed by atoms with E-state index in [1.54, 1.807) is 13.0 Å². The Bertz CT molecular complexity index is 1120. The first kappa shape index (κ1) is 24.8. The quantitative estimate of drug-likeness (QED) is 0.447. The highest BCUT2D eigenvalue weighted by molar-refractivity contribution is 7.92. The molecular formula is C21H26N4O6S. The van der Waals surface area contributed by atoms with Crippen LogP contribution < -0.4 is 9.62 Å². The zero-order valence-corrected chi connectivity index (χ0v) is 19.1. The van der Waals surface area contributed by atoms with Crippen molar-refractivity contribution in [1.29, 1.82) is 0 Å². The molecule has 172 valence electrons. The summed E-state index contributed by atoms with van der Waals surface area (Å²) in [6.07, 6.45) is 0.909. The van der Waals surface area contributed by atoms with Crippen LogP contribution in [0.25, 0.3) is 0 Å². The molecule has 0 aliphatic carbocycles. The standard InChI is InChI=1S/C21H26N4O6S/c1-15-7-5-8-17(11-15)13-23(16(2)21(27)22-3)20(26)14-24(32(4,30)31)18-9-6-10-19(12-18)25(28)29/h5-12,16H,13-14H2,1-4H3,(H,22,27)/t16-/m0/s1. The second-order valence-corrected chi connectivity index (χ2v) is 9.25. The van der Waals surface area contributed by atoms with E-state index < -0.39 is 39.3 Å². The average Bonchev–Trinajstić information content (AvgIpc) is 2.73. The number of carbonyl (C=O) groups excluding carboxylic acids is 2. The SMILES string of the molecule is CNC(=O)[C@H](C)N(Cc1cccc(C)c1)C(=O)CN(c1cccc([N+](=O)[O-])c1)S(C)(=O)=O. The Hall–Kier alpha value is -3.47. The van der Waals surface area contributed by atoms with Gasteiger partial charge in [0.25, 0.3) is 5.69 Å². The van der Waals surface area contributed by atoms with Crippen molar-refractivity contribution in [3.05, 3.63) is 69.8 Å². The van der Waals surface area contributed by atoms with Gasteiger partial charge < -0.3 is 10.2 Å². The zero-order chi connectivity index (χ0) is 24.1. The molecule has 1 atom stereocenters. The van der Waals surface area contributed by atoms with E-state index >= 15 is 0 Å². The number of nitro groups is 1. The van der Waals surface area contributed by atoms with Crippen LogP contribution in [0.1, 0.15) is 18.1 Å². The van der Waals surface area contributed by atoms with Crippen LogP contribution in [0.3, 0.4) is 0 Å². The van der Waals surface area contributed by atoms with Gasteiger partial charge in [-0.3, -0.25) is 24.0 Å². The number of sulfonamides is 1. The highest BCUT2D eigenvalue weighted by atomic mass is 32.2. The first-order chi connectivity index (χ1) is 14.9. The molecule has 0 spiro atoms. The number of nitro benzene ring substituents is 1. The number of nitrogens with one attached hydrogen (secondary N) is 1. The predicted octanol–water partition coefficient (Wildman–Crippen LogP) is 1.83. The van der Waals surface area contributed by atoms with Crippen molar-refractivity contribution in [3.63, 3.8) is 0 Å². The van der Waals surface area contributed by atoms with E-state index in [9.17, 15) is 28.1 Å². The van der Waals surface area contributed by atoms with Gasteiger partial charge in [0.15, 0.2) is 0 Å². The van der Waals surface area contributed by atoms with E-state index in [4.69, 9.17) is 0 Å². The molecule has 1 N–H and O–H groups in total. The first-order valence-electron chi connectivity index (χ1n) is 9.72. The Labute approximate surface area is 187 Å². The molecule has 2 amide bonds. The van der Waals surface area contributed by atoms with Gasteiger partial charge in [-0.25, -0.2) is 8.42 Å². The fourth-order valence-electron chi connectivity index (χ4n) is 3.17. The van der Waals surface area contributed by atoms with Crippen molar-refractivity contribution >= 4 is 33.2 Å². The number of carbonyl (C=O) groups is 2. The fourth-order valence-corrected chi connectivity index (χ4v) is 4.02. The fraction of sp³-hybridized carbons (Fsp3) is 0.333. The molecule has 0 aliphatic rings. The lowest BCUT2D eigenvalue weighted by Crippen LogP contribution is -2.50. The largest absolute Gasteiger partial charge is 0.357 e. The molecule has 0 saturated heterocycles. The van der Waals surface area contributed by atoms with Gasteiger partial charge >= 0.3 is 0 Å². The summed E-state index contributed by atoms with van der Waals surface area (Å²) in [6, 6.07) is 11.5. The minimum atomic E-state index is -3.96. The van der Waals surface area contributed by atoms with E-state index in [0.29, 0.717) is 0 Å². The molecule has 11 heteroatoms. The lowest BCUT2D eigenvalue weighted by atomic mass is 10.1. The lowest BCUT2D eigenvalue weighted by Gasteiger charge is -2.31. The number of benzene rings is 2. The molecule has 0 radical (unpaired) electrons. The third-order valence-corrected chi connectivity index (χ3v) is 6.00. The van der Waals surface area contributed by atoms with Crippen molar-refractivity contribution in [2.75, 3.05) is 24.2 Å². The Balaban J connectivity index is 2.42. The summed E-state index contributed by atoms with van der Waals surface area (Å²) in [5.41, 5.74) is 1.42. The molecule has 0 aromatic heterocycles. The van der Waals surface area contributed by atoms with Gasteiger partial charge in [-0.15, -0.1) is 0 Å². The van der Waals surface area contributed by atoms with Gasteiger partial charge in [0, 0.05) is 25.7 Å². The number of hydrogen-bond donors (Lipinski definition) is 1. The maximum absolute atomic E-state index is 13.2. The van der Waals surface area contributed by atoms with E-state index in [-0.39, 0.29) is 17.9 Å². The number of aryl methyl sites for hydroxylation is 1. The number of likely N-dealkylation sites (N-methyl/N-ethyl adjacent to an activating group) is 1. The topological polar surface area (TPSA) is 130 Å². The smallest absolute Gasteiger partial charge is 0.271 e. The molecule has 32 heavy (non-hydrogen) atoms. The summed E-state index contributed by atoms with van der Waals surface area (Å²) in [5.74, 6) is -1.04. The predicted molar refractivity (Wildman–Crippen MR) is 121 cm³/mol. The summed E-state index contributed by atoms with van der Waals surface area (Å²) >= 11 is 0. The van der Waals surface area contributed by atoms with Crippen LogP contribution in [0, 0.1) is 17.0 Å². The van der Waals surface area contributed by atoms with E-state index in [1.165, 1.54) is 30.1 Å². The Morgan fingerprint density at radius 1 is 1.16 bits per heavy atom. The summed E-state index contributed by atoms with van der Waals surface area (Å²) < 4.78 is 25.7. The summed E-state index contributed by atoms with van der Waals surface area (Å²) in [4.78, 5) is 37.3. The van der Waals surface area contributed by atoms with Gasteiger partial charge in [0.2, 0.25) is 21.8 Å². The summed E-state index contributed by atoms with van der Waals surface area (Å²) in [6.45, 7) is 2.91. The van der Waals surface area contributed by atoms with Gasteiger partial charge in [0.05, 0.1) is 16.9 Å². The number of hydrogen-bond acceptors (Lipinski definition) is 6. The molecule has 10 nitrogen and oxygen atoms in total. The van der Waals surface area contributed by atoms with Crippen LogP contribution in [0.5, 0.6) is 0 Å². The van der Waals surface area contributed by atoms with Crippen molar-refractivity contribution in [2.45, 2.75) is 26.4 Å². The Morgan fingerprint density at radius 2 is 1.81 bits per heavy atom. The average molecular weight is 463 g/mol. The van der Waals surface area contributed by atoms with Gasteiger partial charge in [0.1, 0.15) is 12.6 Å². The molecule has 0 heterocycles. The monoisotopic (exact) mass is 462 g/mol. The number of rotatable bonds is 9. The minimum absolute atomic E-state index is 0.0156. The third-order valence-electron chi connectivity index (χ3n) is 4.86. The summed E-state index contributed by atoms with van der Waals surface area (Å²) in [5, 5.41) is 13.6. The maximum Gasteiger partial charge on any atom is 0.271 e. The minimum Gasteiger partial charge on any atom is -0.357 e. The third kappa shape index (κ3) is 6.27. The van der Waals surface area contributed by atoms with E-state index in [1.807, 2.05) is 25.1 Å². The van der Waals surface area contributed by atoms with Crippen molar-refractivity contribution < 1.29 is 22.9 Å². The van der Waals surface area contributed by atoms with E-state index in [2.05, 4.69) is 5.32 Å². The molecule has 2 rings (SSSR count). The number of amides is 2.